The Morgan fingerprint density at radius 2 is 0.978 bits per heavy atom. The highest BCUT2D eigenvalue weighted by molar-refractivity contribution is 7.47. The summed E-state index contributed by atoms with van der Waals surface area (Å²) < 4.78 is 33.1. The van der Waals surface area contributed by atoms with E-state index < -0.39 is 13.9 Å². The molecule has 0 aromatic rings. The van der Waals surface area contributed by atoms with Gasteiger partial charge in [0.1, 0.15) is 6.10 Å². The van der Waals surface area contributed by atoms with Gasteiger partial charge in [0.2, 0.25) is 0 Å². The molecule has 0 bridgehead atoms. The third kappa shape index (κ3) is 34.6. The van der Waals surface area contributed by atoms with Gasteiger partial charge in [-0.1, -0.05) is 168 Å². The largest absolute Gasteiger partial charge is 0.472 e. The number of nitrogens with two attached hydrogens (primary N) is 1. The van der Waals surface area contributed by atoms with E-state index in [0.29, 0.717) is 13.0 Å². The van der Waals surface area contributed by atoms with E-state index in [1.54, 1.807) is 0 Å². The van der Waals surface area contributed by atoms with Gasteiger partial charge in [-0.3, -0.25) is 13.8 Å². The molecule has 0 rings (SSSR count). The lowest BCUT2D eigenvalue weighted by atomic mass is 10.0. The molecule has 2 unspecified atom stereocenters. The van der Waals surface area contributed by atoms with E-state index in [0.717, 1.165) is 32.1 Å². The van der Waals surface area contributed by atoms with Crippen molar-refractivity contribution in [1.82, 2.24) is 0 Å². The van der Waals surface area contributed by atoms with Crippen LogP contribution in [0.4, 0.5) is 0 Å². The summed E-state index contributed by atoms with van der Waals surface area (Å²) in [5.74, 6) is -0.329. The molecule has 2 atom stereocenters. The van der Waals surface area contributed by atoms with Crippen LogP contribution in [-0.2, 0) is 27.9 Å². The topological polar surface area (TPSA) is 117 Å². The Morgan fingerprint density at radius 1 is 0.578 bits per heavy atom. The molecule has 0 saturated carbocycles. The maximum Gasteiger partial charge on any atom is 0.472 e. The van der Waals surface area contributed by atoms with Crippen molar-refractivity contribution in [2.45, 2.75) is 193 Å². The number of hydrogen-bond acceptors (Lipinski definition) is 7. The summed E-state index contributed by atoms with van der Waals surface area (Å²) in [5, 5.41) is 0. The quantitative estimate of drug-likeness (QED) is 0.0383. The molecule has 0 heterocycles. The number of phosphoric ester groups is 1. The summed E-state index contributed by atoms with van der Waals surface area (Å²) in [5.41, 5.74) is 5.33. The molecule has 0 aliphatic rings. The molecule has 0 saturated heterocycles. The molecular weight excluding hydrogens is 589 g/mol. The zero-order valence-electron chi connectivity index (χ0n) is 29.6. The summed E-state index contributed by atoms with van der Waals surface area (Å²) in [6, 6.07) is 0. The second-order valence-electron chi connectivity index (χ2n) is 12.8. The first kappa shape index (κ1) is 44.5. The highest BCUT2D eigenvalue weighted by Gasteiger charge is 2.25. The van der Waals surface area contributed by atoms with Crippen LogP contribution in [0, 0.1) is 0 Å². The lowest BCUT2D eigenvalue weighted by molar-refractivity contribution is -0.154. The Kier molecular flexibility index (Phi) is 34.4. The van der Waals surface area contributed by atoms with E-state index in [1.165, 1.54) is 135 Å². The van der Waals surface area contributed by atoms with Crippen LogP contribution in [0.5, 0.6) is 0 Å². The second kappa shape index (κ2) is 34.8. The van der Waals surface area contributed by atoms with E-state index in [-0.39, 0.29) is 32.3 Å². The zero-order chi connectivity index (χ0) is 33.1. The van der Waals surface area contributed by atoms with E-state index in [9.17, 15) is 14.3 Å². The van der Waals surface area contributed by atoms with Crippen molar-refractivity contribution in [2.75, 3.05) is 33.0 Å². The van der Waals surface area contributed by atoms with Crippen LogP contribution in [0.25, 0.3) is 0 Å². The van der Waals surface area contributed by atoms with Gasteiger partial charge in [-0.15, -0.1) is 0 Å². The Hall–Kier alpha value is -0.500. The molecule has 270 valence electrons. The van der Waals surface area contributed by atoms with Gasteiger partial charge in [-0.25, -0.2) is 4.57 Å². The first-order valence-electron chi connectivity index (χ1n) is 19.0. The molecule has 0 aromatic heterocycles. The van der Waals surface area contributed by atoms with Crippen molar-refractivity contribution in [3.8, 4) is 0 Å². The SMILES string of the molecule is CCCCCCCCCCCCCCCCCCCCCCC(=O)OC(COCCCCCCCC)COP(=O)(O)OCCN. The number of unbranched alkanes of at least 4 members (excludes halogenated alkanes) is 24. The van der Waals surface area contributed by atoms with Crippen LogP contribution < -0.4 is 5.73 Å². The molecule has 8 nitrogen and oxygen atoms in total. The molecule has 0 aliphatic heterocycles. The van der Waals surface area contributed by atoms with Gasteiger partial charge < -0.3 is 20.1 Å². The first-order valence-corrected chi connectivity index (χ1v) is 20.5. The van der Waals surface area contributed by atoms with Crippen molar-refractivity contribution < 1.29 is 32.8 Å². The number of ether oxygens (including phenoxy) is 2. The summed E-state index contributed by atoms with van der Waals surface area (Å²) in [6.45, 7) is 4.90. The highest BCUT2D eigenvalue weighted by atomic mass is 31.2. The van der Waals surface area contributed by atoms with Crippen LogP contribution in [0.2, 0.25) is 0 Å². The highest BCUT2D eigenvalue weighted by Crippen LogP contribution is 2.43. The van der Waals surface area contributed by atoms with Crippen LogP contribution in [0.1, 0.15) is 187 Å². The molecule has 0 aliphatic carbocycles. The summed E-state index contributed by atoms with van der Waals surface area (Å²) in [4.78, 5) is 22.3. The third-order valence-corrected chi connectivity index (χ3v) is 9.26. The molecule has 0 fully saturated rings. The maximum absolute atomic E-state index is 12.5. The Bertz CT molecular complexity index is 667. The van der Waals surface area contributed by atoms with Crippen LogP contribution in [0.15, 0.2) is 0 Å². The van der Waals surface area contributed by atoms with E-state index in [1.807, 2.05) is 0 Å². The summed E-state index contributed by atoms with van der Waals surface area (Å²) in [6.07, 6.45) is 32.8. The number of phosphoric acid groups is 1. The first-order chi connectivity index (χ1) is 21.9. The number of hydrogen-bond donors (Lipinski definition) is 2. The van der Waals surface area contributed by atoms with Crippen molar-refractivity contribution in [2.24, 2.45) is 5.73 Å². The fraction of sp³-hybridized carbons (Fsp3) is 0.972. The fourth-order valence-corrected chi connectivity index (χ4v) is 6.23. The third-order valence-electron chi connectivity index (χ3n) is 8.27. The van der Waals surface area contributed by atoms with E-state index in [4.69, 9.17) is 24.3 Å². The Balaban J connectivity index is 3.86. The van der Waals surface area contributed by atoms with Crippen LogP contribution >= 0.6 is 7.82 Å². The normalized spacial score (nSPS) is 13.6. The van der Waals surface area contributed by atoms with Gasteiger partial charge in [-0.2, -0.15) is 0 Å². The number of rotatable bonds is 37. The van der Waals surface area contributed by atoms with Gasteiger partial charge >= 0.3 is 13.8 Å². The molecule has 0 aromatic carbocycles. The van der Waals surface area contributed by atoms with Crippen LogP contribution in [-0.4, -0.2) is 49.9 Å². The van der Waals surface area contributed by atoms with Crippen LogP contribution in [0.3, 0.4) is 0 Å². The van der Waals surface area contributed by atoms with E-state index >= 15 is 0 Å². The van der Waals surface area contributed by atoms with Gasteiger partial charge in [0.15, 0.2) is 0 Å². The minimum atomic E-state index is -4.25. The van der Waals surface area contributed by atoms with Gasteiger partial charge in [-0.05, 0) is 12.8 Å². The molecule has 45 heavy (non-hydrogen) atoms. The summed E-state index contributed by atoms with van der Waals surface area (Å²) >= 11 is 0. The predicted molar refractivity (Wildman–Crippen MR) is 187 cm³/mol. The molecule has 9 heteroatoms. The standard InChI is InChI=1S/C36H74NO7P/c1-3-5-7-9-11-12-13-14-15-16-17-18-19-20-21-22-23-24-25-27-29-36(38)44-35(34-43-45(39,40)42-32-30-37)33-41-31-28-26-10-8-6-4-2/h35H,3-34,37H2,1-2H3,(H,39,40). The molecule has 0 spiro atoms. The summed E-state index contributed by atoms with van der Waals surface area (Å²) in [7, 11) is -4.25. The Morgan fingerprint density at radius 3 is 1.40 bits per heavy atom. The number of carbonyl (C=O) groups excluding carboxylic acids is 1. The minimum Gasteiger partial charge on any atom is -0.457 e. The predicted octanol–water partition coefficient (Wildman–Crippen LogP) is 10.6. The van der Waals surface area contributed by atoms with Gasteiger partial charge in [0.05, 0.1) is 19.8 Å². The van der Waals surface area contributed by atoms with Gasteiger partial charge in [0.25, 0.3) is 0 Å². The minimum absolute atomic E-state index is 0.0911. The van der Waals surface area contributed by atoms with E-state index in [2.05, 4.69) is 13.8 Å². The Labute approximate surface area is 278 Å². The molecule has 3 N–H and O–H groups in total. The fourth-order valence-electron chi connectivity index (χ4n) is 5.47. The maximum atomic E-state index is 12.5. The zero-order valence-corrected chi connectivity index (χ0v) is 30.5. The van der Waals surface area contributed by atoms with Crippen molar-refractivity contribution in [3.63, 3.8) is 0 Å². The van der Waals surface area contributed by atoms with Crippen molar-refractivity contribution in [1.29, 1.82) is 0 Å². The van der Waals surface area contributed by atoms with Crippen molar-refractivity contribution in [3.05, 3.63) is 0 Å². The number of carbonyl (C=O) groups is 1. The molecule has 0 amide bonds. The smallest absolute Gasteiger partial charge is 0.457 e. The second-order valence-corrected chi connectivity index (χ2v) is 14.3. The lowest BCUT2D eigenvalue weighted by Gasteiger charge is -2.20. The monoisotopic (exact) mass is 664 g/mol. The lowest BCUT2D eigenvalue weighted by Crippen LogP contribution is -2.28. The van der Waals surface area contributed by atoms with Crippen molar-refractivity contribution >= 4 is 13.8 Å². The number of esters is 1. The van der Waals surface area contributed by atoms with Gasteiger partial charge in [0, 0.05) is 19.6 Å². The average Bonchev–Trinajstić information content (AvgIpc) is 3.02. The molecular formula is C36H74NO7P. The molecule has 0 radical (unpaired) electrons. The average molecular weight is 664 g/mol.